The van der Waals surface area contributed by atoms with Gasteiger partial charge in [0.2, 0.25) is 0 Å². The number of furan rings is 1. The minimum absolute atomic E-state index is 0.204. The molecule has 0 spiro atoms. The van der Waals surface area contributed by atoms with E-state index in [0.29, 0.717) is 11.1 Å². The molecule has 1 aromatic heterocycles. The molecule has 1 amide bonds. The fourth-order valence-electron chi connectivity index (χ4n) is 2.12. The lowest BCUT2D eigenvalue weighted by Gasteiger charge is -2.13. The molecule has 0 bridgehead atoms. The third-order valence-corrected chi connectivity index (χ3v) is 3.19. The fourth-order valence-corrected chi connectivity index (χ4v) is 2.12. The number of carbonyl (C=O) groups is 1. The zero-order valence-electron chi connectivity index (χ0n) is 10.7. The summed E-state index contributed by atoms with van der Waals surface area (Å²) in [7, 11) is 3.03. The highest BCUT2D eigenvalue weighted by Gasteiger charge is 2.14. The number of benzene rings is 2. The molecule has 0 saturated carbocycles. The Hall–Kier alpha value is -2.33. The summed E-state index contributed by atoms with van der Waals surface area (Å²) in [6.45, 7) is 0. The number of carbonyl (C=O) groups excluding carboxylic acids is 1. The minimum Gasteiger partial charge on any atom is -0.456 e. The van der Waals surface area contributed by atoms with Gasteiger partial charge in [-0.15, -0.1) is 0 Å². The highest BCUT2D eigenvalue weighted by molar-refractivity contribution is 6.07. The number of fused-ring (bicyclic) bond motifs is 3. The first-order chi connectivity index (χ1) is 9.20. The van der Waals surface area contributed by atoms with E-state index in [9.17, 15) is 4.79 Å². The summed E-state index contributed by atoms with van der Waals surface area (Å²) in [5.74, 6) is -0.204. The van der Waals surface area contributed by atoms with Crippen LogP contribution in [0, 0.1) is 0 Å². The van der Waals surface area contributed by atoms with Crippen LogP contribution < -0.4 is 0 Å². The summed E-state index contributed by atoms with van der Waals surface area (Å²) in [6, 6.07) is 13.2. The van der Waals surface area contributed by atoms with Crippen molar-refractivity contribution >= 4 is 27.8 Å². The molecular formula is C15H13NO3. The largest absolute Gasteiger partial charge is 0.456 e. The summed E-state index contributed by atoms with van der Waals surface area (Å²) >= 11 is 0. The van der Waals surface area contributed by atoms with Crippen molar-refractivity contribution in [3.8, 4) is 0 Å². The Kier molecular flexibility index (Phi) is 2.72. The van der Waals surface area contributed by atoms with Gasteiger partial charge in [0, 0.05) is 23.4 Å². The first-order valence-corrected chi connectivity index (χ1v) is 5.94. The van der Waals surface area contributed by atoms with Crippen LogP contribution in [0.3, 0.4) is 0 Å². The van der Waals surface area contributed by atoms with Gasteiger partial charge in [-0.05, 0) is 24.3 Å². The van der Waals surface area contributed by atoms with Gasteiger partial charge >= 0.3 is 0 Å². The van der Waals surface area contributed by atoms with Crippen molar-refractivity contribution in [3.63, 3.8) is 0 Å². The van der Waals surface area contributed by atoms with Crippen LogP contribution in [0.4, 0.5) is 0 Å². The number of para-hydroxylation sites is 1. The average molecular weight is 255 g/mol. The fraction of sp³-hybridized carbons (Fsp3) is 0.133. The monoisotopic (exact) mass is 255 g/mol. The lowest BCUT2D eigenvalue weighted by atomic mass is 10.1. The Labute approximate surface area is 110 Å². The van der Waals surface area contributed by atoms with Gasteiger partial charge in [0.15, 0.2) is 0 Å². The molecule has 0 radical (unpaired) electrons. The highest BCUT2D eigenvalue weighted by atomic mass is 16.7. The number of rotatable bonds is 2. The topological polar surface area (TPSA) is 42.7 Å². The van der Waals surface area contributed by atoms with Crippen LogP contribution in [0.1, 0.15) is 10.4 Å². The Bertz CT molecular complexity index is 760. The summed E-state index contributed by atoms with van der Waals surface area (Å²) in [5.41, 5.74) is 2.06. The van der Waals surface area contributed by atoms with Crippen LogP contribution in [0.2, 0.25) is 0 Å². The Balaban J connectivity index is 2.16. The molecule has 0 aliphatic carbocycles. The maximum Gasteiger partial charge on any atom is 0.277 e. The molecule has 96 valence electrons. The van der Waals surface area contributed by atoms with Crippen molar-refractivity contribution < 1.29 is 14.0 Å². The van der Waals surface area contributed by atoms with Gasteiger partial charge in [0.25, 0.3) is 5.91 Å². The third kappa shape index (κ3) is 1.86. The molecule has 1 heterocycles. The van der Waals surface area contributed by atoms with Crippen LogP contribution in [-0.4, -0.2) is 25.1 Å². The second kappa shape index (κ2) is 4.40. The first kappa shape index (κ1) is 11.7. The maximum absolute atomic E-state index is 12.0. The molecule has 0 atom stereocenters. The van der Waals surface area contributed by atoms with Crippen molar-refractivity contribution in [1.29, 1.82) is 0 Å². The SMILES string of the molecule is CON(C)C(=O)c1ccc2c(c1)oc1ccccc12. The van der Waals surface area contributed by atoms with E-state index in [1.807, 2.05) is 30.3 Å². The molecule has 0 aliphatic heterocycles. The van der Waals surface area contributed by atoms with Gasteiger partial charge in [0.1, 0.15) is 11.2 Å². The lowest BCUT2D eigenvalue weighted by Crippen LogP contribution is -2.25. The number of hydroxylamine groups is 2. The van der Waals surface area contributed by atoms with Crippen LogP contribution in [0.25, 0.3) is 21.9 Å². The maximum atomic E-state index is 12.0. The summed E-state index contributed by atoms with van der Waals surface area (Å²) in [5, 5.41) is 3.24. The molecular weight excluding hydrogens is 242 g/mol. The van der Waals surface area contributed by atoms with E-state index < -0.39 is 0 Å². The molecule has 0 unspecified atom stereocenters. The minimum atomic E-state index is -0.204. The number of hydrogen-bond donors (Lipinski definition) is 0. The highest BCUT2D eigenvalue weighted by Crippen LogP contribution is 2.29. The molecule has 4 nitrogen and oxygen atoms in total. The predicted octanol–water partition coefficient (Wildman–Crippen LogP) is 3.22. The van der Waals surface area contributed by atoms with Gasteiger partial charge in [-0.25, -0.2) is 5.06 Å². The summed E-state index contributed by atoms with van der Waals surface area (Å²) in [4.78, 5) is 16.9. The molecule has 0 saturated heterocycles. The van der Waals surface area contributed by atoms with E-state index in [1.165, 1.54) is 12.2 Å². The second-order valence-corrected chi connectivity index (χ2v) is 4.29. The zero-order valence-corrected chi connectivity index (χ0v) is 10.7. The van der Waals surface area contributed by atoms with Crippen molar-refractivity contribution in [2.45, 2.75) is 0 Å². The van der Waals surface area contributed by atoms with Gasteiger partial charge < -0.3 is 4.42 Å². The molecule has 3 rings (SSSR count). The van der Waals surface area contributed by atoms with Crippen molar-refractivity contribution in [2.75, 3.05) is 14.2 Å². The molecule has 19 heavy (non-hydrogen) atoms. The van der Waals surface area contributed by atoms with E-state index in [-0.39, 0.29) is 5.91 Å². The number of nitrogens with zero attached hydrogens (tertiary/aromatic N) is 1. The van der Waals surface area contributed by atoms with Crippen LogP contribution in [0.5, 0.6) is 0 Å². The van der Waals surface area contributed by atoms with Crippen molar-refractivity contribution in [3.05, 3.63) is 48.0 Å². The molecule has 0 fully saturated rings. The standard InChI is InChI=1S/C15H13NO3/c1-16(18-2)15(17)10-7-8-12-11-5-3-4-6-13(11)19-14(12)9-10/h3-9H,1-2H3. The predicted molar refractivity (Wildman–Crippen MR) is 72.8 cm³/mol. The van der Waals surface area contributed by atoms with Crippen LogP contribution in [0.15, 0.2) is 46.9 Å². The molecule has 0 N–H and O–H groups in total. The Morgan fingerprint density at radius 3 is 2.63 bits per heavy atom. The molecule has 2 aromatic carbocycles. The van der Waals surface area contributed by atoms with E-state index in [0.717, 1.165) is 16.4 Å². The molecule has 4 heteroatoms. The van der Waals surface area contributed by atoms with Gasteiger partial charge in [-0.3, -0.25) is 9.63 Å². The van der Waals surface area contributed by atoms with Gasteiger partial charge in [-0.1, -0.05) is 18.2 Å². The van der Waals surface area contributed by atoms with Crippen molar-refractivity contribution in [2.24, 2.45) is 0 Å². The Morgan fingerprint density at radius 2 is 1.84 bits per heavy atom. The normalized spacial score (nSPS) is 11.1. The summed E-state index contributed by atoms with van der Waals surface area (Å²) in [6.07, 6.45) is 0. The smallest absolute Gasteiger partial charge is 0.277 e. The average Bonchev–Trinajstić information content (AvgIpc) is 2.83. The van der Waals surface area contributed by atoms with Crippen LogP contribution in [-0.2, 0) is 4.84 Å². The van der Waals surface area contributed by atoms with E-state index in [4.69, 9.17) is 9.25 Å². The molecule has 0 aliphatic rings. The first-order valence-electron chi connectivity index (χ1n) is 5.94. The number of hydrogen-bond acceptors (Lipinski definition) is 3. The summed E-state index contributed by atoms with van der Waals surface area (Å²) < 4.78 is 5.75. The Morgan fingerprint density at radius 1 is 1.11 bits per heavy atom. The van der Waals surface area contributed by atoms with Gasteiger partial charge in [0.05, 0.1) is 7.11 Å². The van der Waals surface area contributed by atoms with E-state index in [1.54, 1.807) is 19.2 Å². The van der Waals surface area contributed by atoms with Gasteiger partial charge in [-0.2, -0.15) is 0 Å². The molecule has 3 aromatic rings. The zero-order chi connectivity index (χ0) is 13.4. The second-order valence-electron chi connectivity index (χ2n) is 4.29. The number of amides is 1. The quantitative estimate of drug-likeness (QED) is 0.660. The van der Waals surface area contributed by atoms with Crippen LogP contribution >= 0.6 is 0 Å². The van der Waals surface area contributed by atoms with E-state index in [2.05, 4.69) is 0 Å². The third-order valence-electron chi connectivity index (χ3n) is 3.19. The van der Waals surface area contributed by atoms with Crippen molar-refractivity contribution in [1.82, 2.24) is 5.06 Å². The lowest BCUT2D eigenvalue weighted by molar-refractivity contribution is -0.0756. The van der Waals surface area contributed by atoms with E-state index >= 15 is 0 Å².